The third-order valence-corrected chi connectivity index (χ3v) is 3.28. The molecule has 4 nitrogen and oxygen atoms in total. The Morgan fingerprint density at radius 1 is 1.20 bits per heavy atom. The monoisotopic (exact) mass is 286 g/mol. The Hall–Kier alpha value is -2.34. The summed E-state index contributed by atoms with van der Waals surface area (Å²) in [6.07, 6.45) is 3.38. The van der Waals surface area contributed by atoms with Crippen molar-refractivity contribution in [2.45, 2.75) is 6.92 Å². The van der Waals surface area contributed by atoms with E-state index in [0.29, 0.717) is 16.2 Å². The average molecular weight is 286 g/mol. The van der Waals surface area contributed by atoms with Gasteiger partial charge in [0.2, 0.25) is 0 Å². The van der Waals surface area contributed by atoms with Crippen LogP contribution in [0.3, 0.4) is 0 Å². The molecule has 0 atom stereocenters. The first-order valence-corrected chi connectivity index (χ1v) is 6.42. The zero-order valence-electron chi connectivity index (χ0n) is 10.7. The van der Waals surface area contributed by atoms with E-state index in [-0.39, 0.29) is 5.82 Å². The molecule has 0 aliphatic carbocycles. The van der Waals surface area contributed by atoms with E-state index in [1.54, 1.807) is 36.0 Å². The first-order valence-electron chi connectivity index (χ1n) is 6.01. The lowest BCUT2D eigenvalue weighted by molar-refractivity contribution is 0.618. The van der Waals surface area contributed by atoms with Crippen molar-refractivity contribution < 1.29 is 4.39 Å². The molecule has 2 heterocycles. The number of nitrogens with zero attached hydrogens (tertiary/aromatic N) is 3. The van der Waals surface area contributed by atoms with Crippen molar-refractivity contribution in [3.05, 3.63) is 58.9 Å². The summed E-state index contributed by atoms with van der Waals surface area (Å²) in [6, 6.07) is 8.54. The fourth-order valence-electron chi connectivity index (χ4n) is 2.00. The molecule has 1 N–H and O–H groups in total. The maximum Gasteiger partial charge on any atom is 0.200 e. The summed E-state index contributed by atoms with van der Waals surface area (Å²) in [5.74, 6) is 0.428. The summed E-state index contributed by atoms with van der Waals surface area (Å²) in [4.78, 5) is 3.98. The Balaban J connectivity index is 2.22. The smallest absolute Gasteiger partial charge is 0.200 e. The molecule has 0 unspecified atom stereocenters. The number of aromatic nitrogens is 4. The number of H-pyrrole nitrogens is 1. The molecule has 3 aromatic rings. The van der Waals surface area contributed by atoms with Gasteiger partial charge in [-0.05, 0) is 55.0 Å². The number of pyridine rings is 1. The van der Waals surface area contributed by atoms with Gasteiger partial charge in [0.05, 0.1) is 5.69 Å². The number of hydrogen-bond acceptors (Lipinski definition) is 3. The number of nitrogens with one attached hydrogen (secondary N) is 1. The van der Waals surface area contributed by atoms with Crippen LogP contribution in [0.25, 0.3) is 17.1 Å². The quantitative estimate of drug-likeness (QED) is 0.734. The highest BCUT2D eigenvalue weighted by atomic mass is 32.1. The van der Waals surface area contributed by atoms with E-state index in [2.05, 4.69) is 15.2 Å². The predicted octanol–water partition coefficient (Wildman–Crippen LogP) is 3.44. The second-order valence-corrected chi connectivity index (χ2v) is 4.74. The minimum atomic E-state index is -0.241. The van der Waals surface area contributed by atoms with Crippen LogP contribution in [0.1, 0.15) is 5.56 Å². The van der Waals surface area contributed by atoms with Gasteiger partial charge >= 0.3 is 0 Å². The molecule has 0 fully saturated rings. The van der Waals surface area contributed by atoms with Gasteiger partial charge in [0.1, 0.15) is 5.82 Å². The highest BCUT2D eigenvalue weighted by Crippen LogP contribution is 2.22. The molecule has 0 spiro atoms. The first-order chi connectivity index (χ1) is 9.66. The molecule has 0 saturated carbocycles. The van der Waals surface area contributed by atoms with Gasteiger partial charge in [0.15, 0.2) is 10.6 Å². The maximum absolute atomic E-state index is 13.4. The van der Waals surface area contributed by atoms with Crippen LogP contribution in [0.2, 0.25) is 0 Å². The topological polar surface area (TPSA) is 46.5 Å². The Bertz CT molecular complexity index is 808. The second-order valence-electron chi connectivity index (χ2n) is 4.36. The molecule has 100 valence electrons. The summed E-state index contributed by atoms with van der Waals surface area (Å²) in [5, 5.41) is 7.01. The molecule has 6 heteroatoms. The molecule has 0 saturated heterocycles. The number of benzene rings is 1. The largest absolute Gasteiger partial charge is 0.268 e. The molecule has 0 radical (unpaired) electrons. The number of halogens is 1. The molecule has 1 aromatic carbocycles. The number of aryl methyl sites for hydroxylation is 1. The van der Waals surface area contributed by atoms with Crippen LogP contribution in [-0.4, -0.2) is 19.7 Å². The molecule has 0 bridgehead atoms. The Morgan fingerprint density at radius 2 is 1.95 bits per heavy atom. The summed E-state index contributed by atoms with van der Waals surface area (Å²) in [5.41, 5.74) is 2.22. The van der Waals surface area contributed by atoms with Crippen LogP contribution in [0, 0.1) is 17.5 Å². The van der Waals surface area contributed by atoms with Crippen molar-refractivity contribution in [3.63, 3.8) is 0 Å². The molecule has 3 rings (SSSR count). The van der Waals surface area contributed by atoms with Crippen molar-refractivity contribution in [3.8, 4) is 17.1 Å². The summed E-state index contributed by atoms with van der Waals surface area (Å²) < 4.78 is 15.6. The predicted molar refractivity (Wildman–Crippen MR) is 76.7 cm³/mol. The van der Waals surface area contributed by atoms with Crippen molar-refractivity contribution in [1.82, 2.24) is 19.7 Å². The summed E-state index contributed by atoms with van der Waals surface area (Å²) >= 11 is 5.27. The normalized spacial score (nSPS) is 10.7. The average Bonchev–Trinajstić information content (AvgIpc) is 2.85. The van der Waals surface area contributed by atoms with Crippen LogP contribution in [0.15, 0.2) is 42.7 Å². The highest BCUT2D eigenvalue weighted by molar-refractivity contribution is 7.71. The van der Waals surface area contributed by atoms with Gasteiger partial charge in [0, 0.05) is 18.0 Å². The number of hydrogen-bond donors (Lipinski definition) is 1. The van der Waals surface area contributed by atoms with Crippen molar-refractivity contribution in [1.29, 1.82) is 0 Å². The third kappa shape index (κ3) is 2.14. The van der Waals surface area contributed by atoms with Crippen LogP contribution in [0.5, 0.6) is 0 Å². The Kier molecular flexibility index (Phi) is 3.15. The number of aromatic amines is 1. The summed E-state index contributed by atoms with van der Waals surface area (Å²) in [6.45, 7) is 1.72. The Labute approximate surface area is 119 Å². The van der Waals surface area contributed by atoms with E-state index in [1.807, 2.05) is 12.1 Å². The fraction of sp³-hybridized carbons (Fsp3) is 0.0714. The summed E-state index contributed by atoms with van der Waals surface area (Å²) in [7, 11) is 0. The molecule has 0 aliphatic heterocycles. The van der Waals surface area contributed by atoms with E-state index in [0.717, 1.165) is 11.3 Å². The first kappa shape index (κ1) is 12.7. The lowest BCUT2D eigenvalue weighted by atomic mass is 10.2. The van der Waals surface area contributed by atoms with Crippen LogP contribution in [0.4, 0.5) is 4.39 Å². The SMILES string of the molecule is Cc1cc(-n2c(-c3ccncc3)n[nH]c2=S)ccc1F. The van der Waals surface area contributed by atoms with E-state index in [4.69, 9.17) is 12.2 Å². The van der Waals surface area contributed by atoms with Gasteiger partial charge in [-0.2, -0.15) is 5.10 Å². The van der Waals surface area contributed by atoms with E-state index < -0.39 is 0 Å². The zero-order valence-corrected chi connectivity index (χ0v) is 11.5. The van der Waals surface area contributed by atoms with E-state index in [9.17, 15) is 4.39 Å². The Morgan fingerprint density at radius 3 is 2.65 bits per heavy atom. The van der Waals surface area contributed by atoms with Gasteiger partial charge < -0.3 is 0 Å². The number of rotatable bonds is 2. The van der Waals surface area contributed by atoms with Gasteiger partial charge in [-0.3, -0.25) is 14.6 Å². The third-order valence-electron chi connectivity index (χ3n) is 3.01. The molecule has 0 amide bonds. The molecule has 0 aliphatic rings. The minimum Gasteiger partial charge on any atom is -0.268 e. The van der Waals surface area contributed by atoms with Gasteiger partial charge in [-0.15, -0.1) is 0 Å². The molecule has 2 aromatic heterocycles. The van der Waals surface area contributed by atoms with Crippen LogP contribution in [-0.2, 0) is 0 Å². The van der Waals surface area contributed by atoms with Crippen LogP contribution < -0.4 is 0 Å². The highest BCUT2D eigenvalue weighted by Gasteiger charge is 2.11. The van der Waals surface area contributed by atoms with Gasteiger partial charge in [0.25, 0.3) is 0 Å². The van der Waals surface area contributed by atoms with Gasteiger partial charge in [-0.25, -0.2) is 4.39 Å². The second kappa shape index (κ2) is 4.97. The maximum atomic E-state index is 13.4. The lowest BCUT2D eigenvalue weighted by Gasteiger charge is -2.08. The zero-order chi connectivity index (χ0) is 14.1. The van der Waals surface area contributed by atoms with Crippen molar-refractivity contribution in [2.75, 3.05) is 0 Å². The standard InChI is InChI=1S/C14H11FN4S/c1-9-8-11(2-3-12(9)15)19-13(17-18-14(19)20)10-4-6-16-7-5-10/h2-8H,1H3,(H,18,20). The lowest BCUT2D eigenvalue weighted by Crippen LogP contribution is -1.99. The van der Waals surface area contributed by atoms with Gasteiger partial charge in [-0.1, -0.05) is 0 Å². The van der Waals surface area contributed by atoms with E-state index in [1.165, 1.54) is 6.07 Å². The van der Waals surface area contributed by atoms with Crippen LogP contribution >= 0.6 is 12.2 Å². The fourth-order valence-corrected chi connectivity index (χ4v) is 2.24. The molecular weight excluding hydrogens is 275 g/mol. The molecule has 20 heavy (non-hydrogen) atoms. The van der Waals surface area contributed by atoms with E-state index >= 15 is 0 Å². The van der Waals surface area contributed by atoms with Crippen molar-refractivity contribution in [2.24, 2.45) is 0 Å². The molecular formula is C14H11FN4S. The van der Waals surface area contributed by atoms with Crippen molar-refractivity contribution >= 4 is 12.2 Å². The minimum absolute atomic E-state index is 0.241.